The van der Waals surface area contributed by atoms with Gasteiger partial charge < -0.3 is 18.9 Å². The number of nitrogens with zero attached hydrogens (tertiary/aromatic N) is 3. The number of hydrogen-bond donors (Lipinski definition) is 0. The summed E-state index contributed by atoms with van der Waals surface area (Å²) in [6.07, 6.45) is 0.197. The summed E-state index contributed by atoms with van der Waals surface area (Å²) in [6, 6.07) is 8.45. The monoisotopic (exact) mass is 415 g/mol. The van der Waals surface area contributed by atoms with Gasteiger partial charge in [-0.05, 0) is 35.9 Å². The van der Waals surface area contributed by atoms with Gasteiger partial charge in [0.25, 0.3) is 5.89 Å². The van der Waals surface area contributed by atoms with Crippen molar-refractivity contribution in [3.05, 3.63) is 59.4 Å². The normalized spacial score (nSPS) is 16.2. The van der Waals surface area contributed by atoms with E-state index in [2.05, 4.69) is 10.1 Å². The second-order valence-corrected chi connectivity index (χ2v) is 6.98. The fourth-order valence-corrected chi connectivity index (χ4v) is 3.51. The summed E-state index contributed by atoms with van der Waals surface area (Å²) in [5, 5.41) is 4.02. The van der Waals surface area contributed by atoms with E-state index >= 15 is 0 Å². The number of rotatable bonds is 6. The molecule has 1 aliphatic heterocycles. The first-order valence-electron chi connectivity index (χ1n) is 9.25. The van der Waals surface area contributed by atoms with E-state index in [1.165, 1.54) is 24.1 Å². The third kappa shape index (κ3) is 3.96. The van der Waals surface area contributed by atoms with Crippen molar-refractivity contribution in [3.8, 4) is 23.0 Å². The van der Waals surface area contributed by atoms with Crippen molar-refractivity contribution in [2.24, 2.45) is 0 Å². The van der Waals surface area contributed by atoms with Gasteiger partial charge in [0.1, 0.15) is 11.6 Å². The molecule has 2 aromatic carbocycles. The quantitative estimate of drug-likeness (QED) is 0.613. The molecule has 1 aliphatic rings. The van der Waals surface area contributed by atoms with Crippen LogP contribution in [0.3, 0.4) is 0 Å². The molecule has 0 saturated carbocycles. The zero-order valence-corrected chi connectivity index (χ0v) is 16.4. The first-order chi connectivity index (χ1) is 14.5. The highest BCUT2D eigenvalue weighted by Crippen LogP contribution is 2.33. The Labute approximate surface area is 171 Å². The topological polar surface area (TPSA) is 77.7 Å². The Balaban J connectivity index is 1.49. The van der Waals surface area contributed by atoms with Gasteiger partial charge in [-0.2, -0.15) is 4.98 Å². The van der Waals surface area contributed by atoms with Crippen LogP contribution in [0.25, 0.3) is 11.5 Å². The Bertz CT molecular complexity index is 1070. The Morgan fingerprint density at radius 2 is 1.83 bits per heavy atom. The van der Waals surface area contributed by atoms with Crippen molar-refractivity contribution in [2.75, 3.05) is 20.8 Å². The molecule has 30 heavy (non-hydrogen) atoms. The van der Waals surface area contributed by atoms with Crippen LogP contribution in [0.2, 0.25) is 0 Å². The zero-order valence-electron chi connectivity index (χ0n) is 16.4. The number of hydrogen-bond acceptors (Lipinski definition) is 6. The molecule has 1 aromatic heterocycles. The second-order valence-electron chi connectivity index (χ2n) is 6.98. The smallest absolute Gasteiger partial charge is 0.258 e. The number of likely N-dealkylation sites (tertiary alicyclic amines) is 1. The molecular weight excluding hydrogens is 396 g/mol. The number of carbonyl (C=O) groups excluding carboxylic acids is 1. The standard InChI is InChI=1S/C21H19F2N3O4/c1-28-17-4-3-13(7-18(17)29-2)21-24-20(25-30-21)14-8-19(27)26(11-14)10-12-5-15(22)9-16(23)6-12/h3-7,9,14H,8,10-11H2,1-2H3. The number of methoxy groups -OCH3 is 2. The molecule has 9 heteroatoms. The van der Waals surface area contributed by atoms with Crippen molar-refractivity contribution in [3.63, 3.8) is 0 Å². The number of carbonyl (C=O) groups is 1. The summed E-state index contributed by atoms with van der Waals surface area (Å²) in [5.74, 6) is 0.0451. The van der Waals surface area contributed by atoms with Crippen LogP contribution in [0.1, 0.15) is 23.7 Å². The average molecular weight is 415 g/mol. The summed E-state index contributed by atoms with van der Waals surface area (Å²) in [5.41, 5.74) is 1.04. The minimum atomic E-state index is -0.675. The lowest BCUT2D eigenvalue weighted by molar-refractivity contribution is -0.128. The summed E-state index contributed by atoms with van der Waals surface area (Å²) in [4.78, 5) is 18.3. The van der Waals surface area contributed by atoms with Gasteiger partial charge in [-0.15, -0.1) is 0 Å². The predicted molar refractivity (Wildman–Crippen MR) is 102 cm³/mol. The third-order valence-electron chi connectivity index (χ3n) is 4.95. The van der Waals surface area contributed by atoms with E-state index in [9.17, 15) is 13.6 Å². The average Bonchev–Trinajstić information content (AvgIpc) is 3.34. The minimum Gasteiger partial charge on any atom is -0.493 e. The van der Waals surface area contributed by atoms with Crippen LogP contribution in [0.5, 0.6) is 11.5 Å². The SMILES string of the molecule is COc1ccc(-c2nc(C3CC(=O)N(Cc4cc(F)cc(F)c4)C3)no2)cc1OC. The summed E-state index contributed by atoms with van der Waals surface area (Å²) >= 11 is 0. The molecule has 0 radical (unpaired) electrons. The molecule has 156 valence electrons. The molecule has 1 atom stereocenters. The van der Waals surface area contributed by atoms with Gasteiger partial charge >= 0.3 is 0 Å². The van der Waals surface area contributed by atoms with Crippen LogP contribution in [0, 0.1) is 11.6 Å². The molecule has 0 spiro atoms. The Hall–Kier alpha value is -3.49. The predicted octanol–water partition coefficient (Wildman–Crippen LogP) is 3.55. The van der Waals surface area contributed by atoms with Gasteiger partial charge in [0, 0.05) is 37.1 Å². The molecule has 1 amide bonds. The van der Waals surface area contributed by atoms with Crippen molar-refractivity contribution >= 4 is 5.91 Å². The van der Waals surface area contributed by atoms with Crippen molar-refractivity contribution in [1.29, 1.82) is 0 Å². The highest BCUT2D eigenvalue weighted by atomic mass is 19.1. The highest BCUT2D eigenvalue weighted by Gasteiger charge is 2.34. The van der Waals surface area contributed by atoms with Crippen LogP contribution in [0.4, 0.5) is 8.78 Å². The van der Waals surface area contributed by atoms with Crippen molar-refractivity contribution < 1.29 is 27.6 Å². The van der Waals surface area contributed by atoms with Gasteiger partial charge in [-0.25, -0.2) is 8.78 Å². The second kappa shape index (κ2) is 8.10. The molecule has 3 aromatic rings. The van der Waals surface area contributed by atoms with E-state index in [0.29, 0.717) is 40.9 Å². The lowest BCUT2D eigenvalue weighted by Crippen LogP contribution is -2.24. The number of benzene rings is 2. The van der Waals surface area contributed by atoms with E-state index in [1.807, 2.05) is 0 Å². The molecule has 0 bridgehead atoms. The highest BCUT2D eigenvalue weighted by molar-refractivity contribution is 5.79. The lowest BCUT2D eigenvalue weighted by Gasteiger charge is -2.16. The third-order valence-corrected chi connectivity index (χ3v) is 4.95. The summed E-state index contributed by atoms with van der Waals surface area (Å²) in [6.45, 7) is 0.451. The molecule has 1 unspecified atom stereocenters. The lowest BCUT2D eigenvalue weighted by atomic mass is 10.1. The molecule has 7 nitrogen and oxygen atoms in total. The van der Waals surface area contributed by atoms with Crippen LogP contribution in [0.15, 0.2) is 40.9 Å². The van der Waals surface area contributed by atoms with E-state index in [4.69, 9.17) is 14.0 Å². The zero-order chi connectivity index (χ0) is 21.3. The summed E-state index contributed by atoms with van der Waals surface area (Å²) in [7, 11) is 3.08. The fourth-order valence-electron chi connectivity index (χ4n) is 3.51. The van der Waals surface area contributed by atoms with Gasteiger partial charge in [0.05, 0.1) is 14.2 Å². The Morgan fingerprint density at radius 3 is 2.53 bits per heavy atom. The van der Waals surface area contributed by atoms with Crippen molar-refractivity contribution in [2.45, 2.75) is 18.9 Å². The van der Waals surface area contributed by atoms with Crippen molar-refractivity contribution in [1.82, 2.24) is 15.0 Å². The number of aromatic nitrogens is 2. The molecule has 4 rings (SSSR count). The first-order valence-corrected chi connectivity index (χ1v) is 9.25. The van der Waals surface area contributed by atoms with Gasteiger partial charge in [0.2, 0.25) is 5.91 Å². The van der Waals surface area contributed by atoms with E-state index in [1.54, 1.807) is 25.3 Å². The number of halogens is 2. The maximum atomic E-state index is 13.4. The Kier molecular flexibility index (Phi) is 5.35. The van der Waals surface area contributed by atoms with Gasteiger partial charge in [0.15, 0.2) is 17.3 Å². The molecule has 2 heterocycles. The molecule has 0 aliphatic carbocycles. The van der Waals surface area contributed by atoms with Crippen LogP contribution in [-0.4, -0.2) is 41.7 Å². The van der Waals surface area contributed by atoms with E-state index < -0.39 is 11.6 Å². The molecular formula is C21H19F2N3O4. The first kappa shape index (κ1) is 19.8. The number of ether oxygens (including phenoxy) is 2. The largest absolute Gasteiger partial charge is 0.493 e. The molecule has 1 saturated heterocycles. The van der Waals surface area contributed by atoms with Gasteiger partial charge in [-0.1, -0.05) is 5.16 Å². The number of amides is 1. The van der Waals surface area contributed by atoms with Crippen LogP contribution < -0.4 is 9.47 Å². The van der Waals surface area contributed by atoms with E-state index in [-0.39, 0.29) is 24.8 Å². The summed E-state index contributed by atoms with van der Waals surface area (Å²) < 4.78 is 42.7. The van der Waals surface area contributed by atoms with Gasteiger partial charge in [-0.3, -0.25) is 4.79 Å². The Morgan fingerprint density at radius 1 is 1.10 bits per heavy atom. The molecule has 0 N–H and O–H groups in total. The van der Waals surface area contributed by atoms with Crippen LogP contribution in [-0.2, 0) is 11.3 Å². The maximum Gasteiger partial charge on any atom is 0.258 e. The minimum absolute atomic E-state index is 0.115. The van der Waals surface area contributed by atoms with E-state index in [0.717, 1.165) is 6.07 Å². The fraction of sp³-hybridized carbons (Fsp3) is 0.286. The maximum absolute atomic E-state index is 13.4. The van der Waals surface area contributed by atoms with Crippen LogP contribution >= 0.6 is 0 Å². The molecule has 1 fully saturated rings.